The monoisotopic (exact) mass is 248 g/mol. The molecule has 1 aromatic carbocycles. The molecule has 0 saturated heterocycles. The number of amides is 1. The minimum absolute atomic E-state index is 0.0413. The van der Waals surface area contributed by atoms with Crippen molar-refractivity contribution in [3.63, 3.8) is 0 Å². The molecule has 2 rings (SSSR count). The molecule has 0 spiro atoms. The minimum atomic E-state index is 0.0413. The van der Waals surface area contributed by atoms with Crippen molar-refractivity contribution in [2.24, 2.45) is 0 Å². The van der Waals surface area contributed by atoms with E-state index in [-0.39, 0.29) is 12.5 Å². The van der Waals surface area contributed by atoms with E-state index in [0.717, 1.165) is 25.2 Å². The highest BCUT2D eigenvalue weighted by atomic mass is 16.5. The number of para-hydroxylation sites is 1. The van der Waals surface area contributed by atoms with Crippen LogP contribution < -0.4 is 10.2 Å². The second-order valence-electron chi connectivity index (χ2n) is 4.40. The van der Waals surface area contributed by atoms with Crippen LogP contribution in [0.25, 0.3) is 0 Å². The number of carbonyl (C=O) groups excluding carboxylic acids is 1. The fourth-order valence-corrected chi connectivity index (χ4v) is 2.10. The molecule has 1 aliphatic rings. The third-order valence-corrected chi connectivity index (χ3v) is 2.99. The number of nitrogens with zero attached hydrogens (tertiary/aromatic N) is 1. The maximum absolute atomic E-state index is 12.2. The van der Waals surface area contributed by atoms with Crippen LogP contribution in [0.5, 0.6) is 0 Å². The number of ether oxygens (including phenoxy) is 1. The largest absolute Gasteiger partial charge is 0.372 e. The molecule has 0 aliphatic carbocycles. The smallest absolute Gasteiger partial charge is 0.253 e. The van der Waals surface area contributed by atoms with Crippen LogP contribution in [0.2, 0.25) is 0 Å². The van der Waals surface area contributed by atoms with Gasteiger partial charge in [0.1, 0.15) is 6.61 Å². The summed E-state index contributed by atoms with van der Waals surface area (Å²) in [4.78, 5) is 14.0. The first kappa shape index (κ1) is 13.1. The van der Waals surface area contributed by atoms with E-state index in [1.54, 1.807) is 0 Å². The van der Waals surface area contributed by atoms with Gasteiger partial charge < -0.3 is 15.0 Å². The molecule has 4 nitrogen and oxygen atoms in total. The van der Waals surface area contributed by atoms with Crippen LogP contribution in [0.3, 0.4) is 0 Å². The second-order valence-corrected chi connectivity index (χ2v) is 4.40. The summed E-state index contributed by atoms with van der Waals surface area (Å²) in [5.41, 5.74) is 2.17. The van der Waals surface area contributed by atoms with Crippen molar-refractivity contribution >= 4 is 11.6 Å². The lowest BCUT2D eigenvalue weighted by Crippen LogP contribution is -2.37. The highest BCUT2D eigenvalue weighted by Crippen LogP contribution is 2.22. The van der Waals surface area contributed by atoms with E-state index in [1.807, 2.05) is 30.0 Å². The molecule has 4 heteroatoms. The SMILES string of the molecule is CCCOCC(=O)N1CCNCc2ccccc21. The highest BCUT2D eigenvalue weighted by Gasteiger charge is 2.20. The number of hydrogen-bond acceptors (Lipinski definition) is 3. The Morgan fingerprint density at radius 2 is 2.28 bits per heavy atom. The van der Waals surface area contributed by atoms with Gasteiger partial charge >= 0.3 is 0 Å². The fraction of sp³-hybridized carbons (Fsp3) is 0.500. The average molecular weight is 248 g/mol. The van der Waals surface area contributed by atoms with Gasteiger partial charge in [-0.1, -0.05) is 25.1 Å². The Hall–Kier alpha value is -1.39. The summed E-state index contributed by atoms with van der Waals surface area (Å²) in [7, 11) is 0. The number of benzene rings is 1. The van der Waals surface area contributed by atoms with Crippen molar-refractivity contribution in [3.8, 4) is 0 Å². The van der Waals surface area contributed by atoms with Crippen LogP contribution in [0, 0.1) is 0 Å². The second kappa shape index (κ2) is 6.52. The first-order valence-electron chi connectivity index (χ1n) is 6.49. The van der Waals surface area contributed by atoms with Crippen molar-refractivity contribution in [1.82, 2.24) is 5.32 Å². The van der Waals surface area contributed by atoms with E-state index < -0.39 is 0 Å². The molecule has 1 heterocycles. The Morgan fingerprint density at radius 3 is 3.11 bits per heavy atom. The molecule has 0 atom stereocenters. The Kier molecular flexibility index (Phi) is 4.73. The zero-order chi connectivity index (χ0) is 12.8. The molecule has 0 radical (unpaired) electrons. The Bertz CT molecular complexity index is 407. The lowest BCUT2D eigenvalue weighted by molar-refractivity contribution is -0.123. The van der Waals surface area contributed by atoms with Crippen LogP contribution in [0.4, 0.5) is 5.69 Å². The number of fused-ring (bicyclic) bond motifs is 1. The van der Waals surface area contributed by atoms with Gasteiger partial charge in [0.15, 0.2) is 0 Å². The standard InChI is InChI=1S/C14H20N2O2/c1-2-9-18-11-14(17)16-8-7-15-10-12-5-3-4-6-13(12)16/h3-6,15H,2,7-11H2,1H3. The molecule has 1 amide bonds. The lowest BCUT2D eigenvalue weighted by Gasteiger charge is -2.22. The predicted octanol–water partition coefficient (Wildman–Crippen LogP) is 1.55. The van der Waals surface area contributed by atoms with E-state index in [0.29, 0.717) is 13.2 Å². The van der Waals surface area contributed by atoms with Crippen molar-refractivity contribution < 1.29 is 9.53 Å². The summed E-state index contributed by atoms with van der Waals surface area (Å²) in [6.45, 7) is 5.17. The van der Waals surface area contributed by atoms with Gasteiger partial charge in [-0.15, -0.1) is 0 Å². The molecule has 0 saturated carbocycles. The summed E-state index contributed by atoms with van der Waals surface area (Å²) in [6, 6.07) is 8.03. The maximum atomic E-state index is 12.2. The van der Waals surface area contributed by atoms with Gasteiger partial charge in [0, 0.05) is 31.9 Å². The van der Waals surface area contributed by atoms with Gasteiger partial charge in [0.05, 0.1) is 0 Å². The fourth-order valence-electron chi connectivity index (χ4n) is 2.10. The van der Waals surface area contributed by atoms with Gasteiger partial charge in [-0.3, -0.25) is 4.79 Å². The summed E-state index contributed by atoms with van der Waals surface area (Å²) >= 11 is 0. The molecular weight excluding hydrogens is 228 g/mol. The van der Waals surface area contributed by atoms with E-state index >= 15 is 0 Å². The van der Waals surface area contributed by atoms with Crippen LogP contribution in [-0.2, 0) is 16.1 Å². The van der Waals surface area contributed by atoms with Crippen LogP contribution in [-0.4, -0.2) is 32.2 Å². The predicted molar refractivity (Wildman–Crippen MR) is 71.6 cm³/mol. The molecule has 0 fully saturated rings. The number of anilines is 1. The number of nitrogens with one attached hydrogen (secondary N) is 1. The summed E-state index contributed by atoms with van der Waals surface area (Å²) in [5, 5.41) is 3.32. The van der Waals surface area contributed by atoms with Crippen molar-refractivity contribution in [1.29, 1.82) is 0 Å². The Balaban J connectivity index is 2.09. The van der Waals surface area contributed by atoms with Gasteiger partial charge in [0.25, 0.3) is 5.91 Å². The Morgan fingerprint density at radius 1 is 1.44 bits per heavy atom. The summed E-state index contributed by atoms with van der Waals surface area (Å²) < 4.78 is 5.34. The van der Waals surface area contributed by atoms with Gasteiger partial charge in [-0.25, -0.2) is 0 Å². The number of rotatable bonds is 4. The van der Waals surface area contributed by atoms with Crippen LogP contribution in [0.15, 0.2) is 24.3 Å². The highest BCUT2D eigenvalue weighted by molar-refractivity contribution is 5.95. The van der Waals surface area contributed by atoms with Gasteiger partial charge in [0.2, 0.25) is 0 Å². The number of carbonyl (C=O) groups is 1. The zero-order valence-electron chi connectivity index (χ0n) is 10.8. The van der Waals surface area contributed by atoms with Crippen LogP contribution in [0.1, 0.15) is 18.9 Å². The molecule has 0 aromatic heterocycles. The first-order chi connectivity index (χ1) is 8.83. The van der Waals surface area contributed by atoms with Crippen molar-refractivity contribution in [3.05, 3.63) is 29.8 Å². The Labute approximate surface area is 108 Å². The molecule has 1 aliphatic heterocycles. The normalized spacial score (nSPS) is 15.1. The van der Waals surface area contributed by atoms with Crippen molar-refractivity contribution in [2.75, 3.05) is 31.2 Å². The summed E-state index contributed by atoms with van der Waals surface area (Å²) in [6.07, 6.45) is 0.936. The van der Waals surface area contributed by atoms with Gasteiger partial charge in [-0.05, 0) is 18.1 Å². The molecule has 1 N–H and O–H groups in total. The molecule has 0 unspecified atom stereocenters. The topological polar surface area (TPSA) is 41.6 Å². The van der Waals surface area contributed by atoms with Crippen molar-refractivity contribution in [2.45, 2.75) is 19.9 Å². The third-order valence-electron chi connectivity index (χ3n) is 2.99. The van der Waals surface area contributed by atoms with E-state index in [4.69, 9.17) is 4.74 Å². The van der Waals surface area contributed by atoms with E-state index in [9.17, 15) is 4.79 Å². The average Bonchev–Trinajstić information content (AvgIpc) is 2.61. The van der Waals surface area contributed by atoms with E-state index in [2.05, 4.69) is 11.4 Å². The molecule has 18 heavy (non-hydrogen) atoms. The quantitative estimate of drug-likeness (QED) is 0.822. The zero-order valence-corrected chi connectivity index (χ0v) is 10.8. The molecular formula is C14H20N2O2. The first-order valence-corrected chi connectivity index (χ1v) is 6.49. The van der Waals surface area contributed by atoms with E-state index in [1.165, 1.54) is 5.56 Å². The molecule has 98 valence electrons. The molecule has 1 aromatic rings. The van der Waals surface area contributed by atoms with Gasteiger partial charge in [-0.2, -0.15) is 0 Å². The lowest BCUT2D eigenvalue weighted by atomic mass is 10.1. The minimum Gasteiger partial charge on any atom is -0.372 e. The maximum Gasteiger partial charge on any atom is 0.253 e. The molecule has 0 bridgehead atoms. The third kappa shape index (κ3) is 3.09. The summed E-state index contributed by atoms with van der Waals surface area (Å²) in [5.74, 6) is 0.0413. The van der Waals surface area contributed by atoms with Crippen LogP contribution >= 0.6 is 0 Å². The number of hydrogen-bond donors (Lipinski definition) is 1.